The van der Waals surface area contributed by atoms with Crippen molar-refractivity contribution in [2.45, 2.75) is 0 Å². The van der Waals surface area contributed by atoms with Gasteiger partial charge in [0.05, 0.1) is 6.21 Å². The Morgan fingerprint density at radius 1 is 0.760 bits per heavy atom. The molecule has 25 heavy (non-hydrogen) atoms. The lowest BCUT2D eigenvalue weighted by Crippen LogP contribution is -2.15. The van der Waals surface area contributed by atoms with Gasteiger partial charge in [0.15, 0.2) is 0 Å². The smallest absolute Gasteiger partial charge is 0.213 e. The number of Topliss-reactive ketones (excluding diaryl/α,β-unsaturated/α-hetero) is 1. The largest absolute Gasteiger partial charge is 0.287 e. The van der Waals surface area contributed by atoms with Gasteiger partial charge in [-0.2, -0.15) is 5.10 Å². The van der Waals surface area contributed by atoms with Crippen LogP contribution in [0.2, 0.25) is 0 Å². The maximum Gasteiger partial charge on any atom is 0.213 e. The average molecular weight is 438 g/mol. The SMILES string of the molecule is O=C(/C(=N/N=C/c1ccccc1I)c1ccccc1)c1ccccc1. The fourth-order valence-corrected chi connectivity index (χ4v) is 2.81. The van der Waals surface area contributed by atoms with Crippen LogP contribution in [0, 0.1) is 3.57 Å². The molecule has 4 heteroatoms. The standard InChI is InChI=1S/C21H15IN2O/c22-19-14-8-7-13-18(19)15-23-24-20(16-9-3-1-4-10-16)21(25)17-11-5-2-6-12-17/h1-15H/b23-15+,24-20+. The number of nitrogens with zero attached hydrogens (tertiary/aromatic N) is 2. The van der Waals surface area contributed by atoms with E-state index in [9.17, 15) is 4.79 Å². The second-order valence-corrected chi connectivity index (χ2v) is 6.44. The first-order valence-electron chi connectivity index (χ1n) is 7.76. The molecule has 3 rings (SSSR count). The summed E-state index contributed by atoms with van der Waals surface area (Å²) in [7, 11) is 0. The van der Waals surface area contributed by atoms with Gasteiger partial charge in [0.1, 0.15) is 5.71 Å². The van der Waals surface area contributed by atoms with Crippen molar-refractivity contribution in [1.82, 2.24) is 0 Å². The van der Waals surface area contributed by atoms with E-state index in [0.29, 0.717) is 11.3 Å². The number of carbonyl (C=O) groups is 1. The summed E-state index contributed by atoms with van der Waals surface area (Å²) in [6.07, 6.45) is 1.67. The third-order valence-corrected chi connectivity index (χ3v) is 4.54. The molecule has 0 aliphatic heterocycles. The van der Waals surface area contributed by atoms with Gasteiger partial charge >= 0.3 is 0 Å². The molecule has 3 aromatic rings. The number of ketones is 1. The van der Waals surface area contributed by atoms with Crippen LogP contribution in [0.15, 0.2) is 95.1 Å². The second-order valence-electron chi connectivity index (χ2n) is 5.28. The van der Waals surface area contributed by atoms with Crippen LogP contribution in [0.25, 0.3) is 0 Å². The highest BCUT2D eigenvalue weighted by Gasteiger charge is 2.15. The molecule has 3 aromatic carbocycles. The first-order valence-corrected chi connectivity index (χ1v) is 8.84. The highest BCUT2D eigenvalue weighted by atomic mass is 127. The Balaban J connectivity index is 1.97. The summed E-state index contributed by atoms with van der Waals surface area (Å²) in [4.78, 5) is 12.8. The molecule has 0 aliphatic carbocycles. The van der Waals surface area contributed by atoms with Crippen molar-refractivity contribution in [1.29, 1.82) is 0 Å². The third kappa shape index (κ3) is 4.48. The van der Waals surface area contributed by atoms with Gasteiger partial charge in [0, 0.05) is 20.3 Å². The second kappa shape index (κ2) is 8.48. The fourth-order valence-electron chi connectivity index (χ4n) is 2.29. The zero-order valence-corrected chi connectivity index (χ0v) is 15.5. The van der Waals surface area contributed by atoms with Gasteiger partial charge in [-0.1, -0.05) is 78.9 Å². The monoisotopic (exact) mass is 438 g/mol. The topological polar surface area (TPSA) is 41.8 Å². The zero-order valence-electron chi connectivity index (χ0n) is 13.3. The summed E-state index contributed by atoms with van der Waals surface area (Å²) in [6, 6.07) is 26.4. The molecule has 0 amide bonds. The normalized spacial score (nSPS) is 11.6. The Labute approximate surface area is 160 Å². The first kappa shape index (κ1) is 17.2. The van der Waals surface area contributed by atoms with Gasteiger partial charge in [-0.15, -0.1) is 5.10 Å². The molecule has 0 bridgehead atoms. The Hall–Kier alpha value is -2.60. The van der Waals surface area contributed by atoms with Gasteiger partial charge in [-0.3, -0.25) is 4.79 Å². The van der Waals surface area contributed by atoms with E-state index >= 15 is 0 Å². The highest BCUT2D eigenvalue weighted by molar-refractivity contribution is 14.1. The van der Waals surface area contributed by atoms with Crippen LogP contribution in [0.4, 0.5) is 0 Å². The molecule has 0 radical (unpaired) electrons. The van der Waals surface area contributed by atoms with Crippen molar-refractivity contribution in [3.63, 3.8) is 0 Å². The summed E-state index contributed by atoms with van der Waals surface area (Å²) in [5.74, 6) is -0.147. The summed E-state index contributed by atoms with van der Waals surface area (Å²) in [6.45, 7) is 0. The van der Waals surface area contributed by atoms with Crippen molar-refractivity contribution in [3.8, 4) is 0 Å². The fraction of sp³-hybridized carbons (Fsp3) is 0. The number of hydrogen-bond acceptors (Lipinski definition) is 3. The van der Waals surface area contributed by atoms with Crippen LogP contribution in [-0.4, -0.2) is 17.7 Å². The quantitative estimate of drug-likeness (QED) is 0.239. The molecule has 3 nitrogen and oxygen atoms in total. The summed E-state index contributed by atoms with van der Waals surface area (Å²) < 4.78 is 1.08. The van der Waals surface area contributed by atoms with Crippen LogP contribution < -0.4 is 0 Å². The van der Waals surface area contributed by atoms with E-state index in [1.54, 1.807) is 18.3 Å². The minimum Gasteiger partial charge on any atom is -0.287 e. The highest BCUT2D eigenvalue weighted by Crippen LogP contribution is 2.11. The van der Waals surface area contributed by atoms with E-state index in [2.05, 4.69) is 32.8 Å². The molecular weight excluding hydrogens is 423 g/mol. The number of carbonyl (C=O) groups excluding carboxylic acids is 1. The van der Waals surface area contributed by atoms with Crippen LogP contribution in [0.1, 0.15) is 21.5 Å². The molecule has 0 saturated carbocycles. The van der Waals surface area contributed by atoms with Gasteiger partial charge < -0.3 is 0 Å². The van der Waals surface area contributed by atoms with Crippen molar-refractivity contribution in [3.05, 3.63) is 105 Å². The molecular formula is C21H15IN2O. The minimum absolute atomic E-state index is 0.147. The van der Waals surface area contributed by atoms with Crippen molar-refractivity contribution >= 4 is 40.3 Å². The maximum atomic E-state index is 12.8. The predicted molar refractivity (Wildman–Crippen MR) is 111 cm³/mol. The molecule has 0 atom stereocenters. The first-order chi connectivity index (χ1) is 12.3. The predicted octanol–water partition coefficient (Wildman–Crippen LogP) is 5.00. The molecule has 0 aliphatic rings. The lowest BCUT2D eigenvalue weighted by atomic mass is 10.0. The van der Waals surface area contributed by atoms with Crippen molar-refractivity contribution < 1.29 is 4.79 Å². The van der Waals surface area contributed by atoms with Crippen molar-refractivity contribution in [2.24, 2.45) is 10.2 Å². The van der Waals surface area contributed by atoms with Gasteiger partial charge in [-0.05, 0) is 28.7 Å². The maximum absolute atomic E-state index is 12.8. The number of hydrogen-bond donors (Lipinski definition) is 0. The van der Waals surface area contributed by atoms with Crippen LogP contribution in [0.3, 0.4) is 0 Å². The molecule has 0 heterocycles. The number of rotatable bonds is 5. The molecule has 0 saturated heterocycles. The van der Waals surface area contributed by atoms with E-state index in [1.807, 2.05) is 72.8 Å². The molecule has 0 N–H and O–H groups in total. The van der Waals surface area contributed by atoms with E-state index in [0.717, 1.165) is 14.7 Å². The Morgan fingerprint density at radius 2 is 1.32 bits per heavy atom. The molecule has 0 unspecified atom stereocenters. The van der Waals surface area contributed by atoms with Gasteiger partial charge in [-0.25, -0.2) is 0 Å². The van der Waals surface area contributed by atoms with Crippen molar-refractivity contribution in [2.75, 3.05) is 0 Å². The lowest BCUT2D eigenvalue weighted by Gasteiger charge is -2.04. The van der Waals surface area contributed by atoms with Crippen LogP contribution in [-0.2, 0) is 0 Å². The number of halogens is 1. The van der Waals surface area contributed by atoms with Gasteiger partial charge in [0.25, 0.3) is 0 Å². The molecule has 0 spiro atoms. The van der Waals surface area contributed by atoms with Crippen LogP contribution in [0.5, 0.6) is 0 Å². The third-order valence-electron chi connectivity index (χ3n) is 3.56. The molecule has 0 fully saturated rings. The van der Waals surface area contributed by atoms with E-state index in [1.165, 1.54) is 0 Å². The Kier molecular flexibility index (Phi) is 5.85. The number of benzene rings is 3. The molecule has 122 valence electrons. The summed E-state index contributed by atoms with van der Waals surface area (Å²) in [5.41, 5.74) is 2.63. The molecule has 0 aromatic heterocycles. The van der Waals surface area contributed by atoms with Gasteiger partial charge in [0.2, 0.25) is 5.78 Å². The summed E-state index contributed by atoms with van der Waals surface area (Å²) >= 11 is 2.25. The summed E-state index contributed by atoms with van der Waals surface area (Å²) in [5, 5.41) is 8.40. The Morgan fingerprint density at radius 3 is 1.96 bits per heavy atom. The average Bonchev–Trinajstić information content (AvgIpc) is 2.67. The lowest BCUT2D eigenvalue weighted by molar-refractivity contribution is 0.106. The minimum atomic E-state index is -0.147. The van der Waals surface area contributed by atoms with E-state index in [4.69, 9.17) is 0 Å². The Bertz CT molecular complexity index is 919. The van der Waals surface area contributed by atoms with Crippen LogP contribution >= 0.6 is 22.6 Å². The van der Waals surface area contributed by atoms with E-state index in [-0.39, 0.29) is 5.78 Å². The zero-order chi connectivity index (χ0) is 17.5. The van der Waals surface area contributed by atoms with E-state index < -0.39 is 0 Å².